The van der Waals surface area contributed by atoms with Crippen molar-refractivity contribution < 1.29 is 14.3 Å². The number of allylic oxidation sites excluding steroid dienone is 2. The molecule has 4 radical (unpaired) electrons. The molecule has 0 saturated heterocycles. The number of anilines is 3. The van der Waals surface area contributed by atoms with Crippen LogP contribution in [0.3, 0.4) is 0 Å². The molecule has 1 aliphatic heterocycles. The van der Waals surface area contributed by atoms with Gasteiger partial charge in [-0.1, -0.05) is 76.7 Å². The van der Waals surface area contributed by atoms with Gasteiger partial charge >= 0.3 is 0 Å². The van der Waals surface area contributed by atoms with Gasteiger partial charge in [-0.2, -0.15) is 0 Å². The van der Waals surface area contributed by atoms with E-state index in [-0.39, 0.29) is 29.3 Å². The highest BCUT2D eigenvalue weighted by molar-refractivity contribution is 7.82. The highest BCUT2D eigenvalue weighted by Gasteiger charge is 2.35. The number of carbonyl (C=O) groups is 2. The predicted octanol–water partition coefficient (Wildman–Crippen LogP) is 6.03. The molecule has 1 aromatic carbocycles. The third-order valence-electron chi connectivity index (χ3n) is 8.99. The van der Waals surface area contributed by atoms with Gasteiger partial charge in [0.25, 0.3) is 5.91 Å². The molecule has 1 aromatic heterocycles. The first-order chi connectivity index (χ1) is 25.1. The number of aliphatic imine (C=N–C) groups is 1. The molecule has 14 heteroatoms. The van der Waals surface area contributed by atoms with E-state index in [1.54, 1.807) is 13.2 Å². The lowest BCUT2D eigenvalue weighted by Crippen LogP contribution is -2.57. The maximum absolute atomic E-state index is 13.5. The number of nitrogens with one attached hydrogen (secondary N) is 4. The maximum Gasteiger partial charge on any atom is 0.273 e. The molecule has 4 aliphatic rings. The Labute approximate surface area is 316 Å². The number of likely N-dealkylation sites (N-methyl/N-ethyl adjacent to an activating group) is 1. The van der Waals surface area contributed by atoms with Gasteiger partial charge in [0.1, 0.15) is 10.7 Å². The van der Waals surface area contributed by atoms with E-state index in [0.717, 1.165) is 56.1 Å². The Kier molecular flexibility index (Phi) is 14.6. The SMILES string of the molecule is CC.CC.[B]C([B])(NC(=O)c1nnc(NC(=O)C2CC2)cc1Nc1cccc(C2=CNC(C(=S)N(C)CC3=CCCC=C3)=NC2)c1OC)C1CCC1. The largest absolute Gasteiger partial charge is 0.494 e. The number of aromatic nitrogens is 2. The van der Waals surface area contributed by atoms with Crippen molar-refractivity contribution in [1.82, 2.24) is 25.7 Å². The summed E-state index contributed by atoms with van der Waals surface area (Å²) in [7, 11) is 16.1. The Hall–Kier alpha value is -4.45. The van der Waals surface area contributed by atoms with Gasteiger partial charge in [0.05, 0.1) is 40.7 Å². The van der Waals surface area contributed by atoms with Gasteiger partial charge in [0, 0.05) is 42.9 Å². The van der Waals surface area contributed by atoms with E-state index >= 15 is 0 Å². The van der Waals surface area contributed by atoms with Crippen molar-refractivity contribution in [3.8, 4) is 5.75 Å². The van der Waals surface area contributed by atoms with Crippen molar-refractivity contribution in [2.24, 2.45) is 16.8 Å². The molecule has 272 valence electrons. The summed E-state index contributed by atoms with van der Waals surface area (Å²) >= 11 is 5.74. The summed E-state index contributed by atoms with van der Waals surface area (Å²) < 4.78 is 5.90. The lowest BCUT2D eigenvalue weighted by Gasteiger charge is -2.42. The minimum atomic E-state index is -1.40. The number of benzene rings is 1. The number of amides is 2. The minimum absolute atomic E-state index is 0.0311. The van der Waals surface area contributed by atoms with Crippen LogP contribution in [0, 0.1) is 11.8 Å². The van der Waals surface area contributed by atoms with Crippen LogP contribution >= 0.6 is 12.2 Å². The topological polar surface area (TPSA) is 133 Å². The van der Waals surface area contributed by atoms with Gasteiger partial charge in [-0.15, -0.1) is 10.2 Å². The van der Waals surface area contributed by atoms with Crippen LogP contribution < -0.4 is 26.0 Å². The molecule has 11 nitrogen and oxygen atoms in total. The molecule has 3 aliphatic carbocycles. The second-order valence-electron chi connectivity index (χ2n) is 12.7. The first-order valence-electron chi connectivity index (χ1n) is 18.3. The number of hydrogen-bond donors (Lipinski definition) is 4. The molecule has 0 unspecified atom stereocenters. The monoisotopic (exact) mass is 720 g/mol. The fraction of sp³-hybridized carbons (Fsp3) is 0.474. The summed E-state index contributed by atoms with van der Waals surface area (Å²) in [5.74, 6) is 0.559. The van der Waals surface area contributed by atoms with Crippen LogP contribution in [0.4, 0.5) is 17.2 Å². The molecular formula is C38H50B2N8O3S. The third kappa shape index (κ3) is 10.1. The highest BCUT2D eigenvalue weighted by Crippen LogP contribution is 2.38. The van der Waals surface area contributed by atoms with Crippen LogP contribution in [0.2, 0.25) is 0 Å². The smallest absolute Gasteiger partial charge is 0.273 e. The van der Waals surface area contributed by atoms with Crippen LogP contribution in [-0.2, 0) is 4.79 Å². The number of para-hydroxylation sites is 1. The van der Waals surface area contributed by atoms with Gasteiger partial charge in [0.15, 0.2) is 17.3 Å². The second kappa shape index (κ2) is 18.9. The summed E-state index contributed by atoms with van der Waals surface area (Å²) in [6, 6.07) is 7.19. The van der Waals surface area contributed by atoms with Crippen molar-refractivity contribution in [2.75, 3.05) is 37.9 Å². The number of hydrogen-bond acceptors (Lipinski definition) is 9. The zero-order valence-corrected chi connectivity index (χ0v) is 32.0. The molecule has 2 aromatic rings. The Morgan fingerprint density at radius 1 is 1.08 bits per heavy atom. The van der Waals surface area contributed by atoms with Gasteiger partial charge in [0.2, 0.25) is 5.91 Å². The molecule has 6 rings (SSSR count). The fourth-order valence-electron chi connectivity index (χ4n) is 5.80. The highest BCUT2D eigenvalue weighted by atomic mass is 32.1. The minimum Gasteiger partial charge on any atom is -0.494 e. The number of rotatable bonds is 12. The average Bonchev–Trinajstić information content (AvgIpc) is 3.99. The number of amidine groups is 1. The standard InChI is InChI=1S/C34H38B2N8O3S.2C2H6/c1-44(19-20-8-4-3-5-9-20)33(48)30-37-17-22(18-38-30)24-12-7-13-25(29(24)47-2)39-26-16-27(40-31(45)21-14-15-21)42-43-28(26)32(46)41-34(35,36)23-10-6-11-23;2*1-2/h4,7-9,12-13,16-17,21,23H,3,5-6,10-11,14-15,18-19H2,1-2H3,(H,37,38)(H,41,46)(H2,39,40,42,45);2*1-2H3. The third-order valence-corrected chi connectivity index (χ3v) is 9.49. The van der Waals surface area contributed by atoms with Crippen LogP contribution in [0.1, 0.15) is 88.7 Å². The number of nitrogens with zero attached hydrogens (tertiary/aromatic N) is 4. The Morgan fingerprint density at radius 3 is 2.42 bits per heavy atom. The molecule has 2 fully saturated rings. The van der Waals surface area contributed by atoms with Crippen molar-refractivity contribution in [3.05, 3.63) is 65.5 Å². The first kappa shape index (κ1) is 40.3. The number of methoxy groups -OCH3 is 1. The number of thiocarbonyl (C=S) groups is 1. The van der Waals surface area contributed by atoms with Crippen molar-refractivity contribution in [1.29, 1.82) is 0 Å². The Morgan fingerprint density at radius 2 is 1.83 bits per heavy atom. The maximum atomic E-state index is 13.5. The second-order valence-corrected chi connectivity index (χ2v) is 13.1. The summed E-state index contributed by atoms with van der Waals surface area (Å²) in [6.07, 6.45) is 14.9. The molecule has 0 bridgehead atoms. The molecule has 4 N–H and O–H groups in total. The summed E-state index contributed by atoms with van der Waals surface area (Å²) in [6.45, 7) is 9.08. The molecule has 2 saturated carbocycles. The normalized spacial score (nSPS) is 16.4. The number of ether oxygens (including phenoxy) is 1. The van der Waals surface area contributed by atoms with Crippen molar-refractivity contribution in [3.63, 3.8) is 0 Å². The molecule has 0 spiro atoms. The van der Waals surface area contributed by atoms with Crippen LogP contribution in [-0.4, -0.2) is 86.0 Å². The van der Waals surface area contributed by atoms with E-state index in [1.807, 2.05) is 64.0 Å². The lowest BCUT2D eigenvalue weighted by atomic mass is 9.50. The molecule has 52 heavy (non-hydrogen) atoms. The lowest BCUT2D eigenvalue weighted by molar-refractivity contribution is -0.117. The predicted molar refractivity (Wildman–Crippen MR) is 217 cm³/mol. The van der Waals surface area contributed by atoms with E-state index < -0.39 is 11.2 Å². The van der Waals surface area contributed by atoms with Gasteiger partial charge in [-0.05, 0) is 61.4 Å². The first-order valence-corrected chi connectivity index (χ1v) is 18.7. The van der Waals surface area contributed by atoms with Gasteiger partial charge < -0.3 is 30.9 Å². The van der Waals surface area contributed by atoms with E-state index in [9.17, 15) is 9.59 Å². The zero-order chi connectivity index (χ0) is 37.8. The van der Waals surface area contributed by atoms with Crippen molar-refractivity contribution in [2.45, 2.75) is 78.0 Å². The van der Waals surface area contributed by atoms with Crippen LogP contribution in [0.15, 0.2) is 59.3 Å². The number of carbonyl (C=O) groups excluding carboxylic acids is 2. The summed E-state index contributed by atoms with van der Waals surface area (Å²) in [5, 5.41) is 19.0. The van der Waals surface area contributed by atoms with Gasteiger partial charge in [-0.3, -0.25) is 14.6 Å². The van der Waals surface area contributed by atoms with E-state index in [0.29, 0.717) is 41.0 Å². The molecule has 2 heterocycles. The van der Waals surface area contributed by atoms with Crippen molar-refractivity contribution >= 4 is 73.3 Å². The fourth-order valence-corrected chi connectivity index (χ4v) is 5.99. The van der Waals surface area contributed by atoms with Crippen LogP contribution in [0.25, 0.3) is 5.57 Å². The van der Waals surface area contributed by atoms with Crippen LogP contribution in [0.5, 0.6) is 5.75 Å². The van der Waals surface area contributed by atoms with E-state index in [1.165, 1.54) is 5.57 Å². The quantitative estimate of drug-likeness (QED) is 0.153. The van der Waals surface area contributed by atoms with Gasteiger partial charge in [-0.25, -0.2) is 0 Å². The molecule has 2 amide bonds. The van der Waals surface area contributed by atoms with E-state index in [2.05, 4.69) is 49.7 Å². The average molecular weight is 721 g/mol. The zero-order valence-electron chi connectivity index (χ0n) is 31.2. The Bertz CT molecular complexity index is 1730. The molecular weight excluding hydrogens is 670 g/mol. The molecule has 0 atom stereocenters. The summed E-state index contributed by atoms with van der Waals surface area (Å²) in [4.78, 5) is 33.4. The summed E-state index contributed by atoms with van der Waals surface area (Å²) in [5.41, 5.74) is 3.72. The van der Waals surface area contributed by atoms with E-state index in [4.69, 9.17) is 37.6 Å². The Balaban J connectivity index is 0.00000146.